The van der Waals surface area contributed by atoms with Crippen molar-refractivity contribution < 1.29 is 0 Å². The second kappa shape index (κ2) is 5.36. The number of rotatable bonds is 4. The Bertz CT molecular complexity index is 572. The Kier molecular flexibility index (Phi) is 3.83. The molecule has 18 heavy (non-hydrogen) atoms. The molecule has 0 amide bonds. The number of aromatic amines is 1. The van der Waals surface area contributed by atoms with E-state index in [1.807, 2.05) is 26.0 Å². The lowest BCUT2D eigenvalue weighted by molar-refractivity contribution is 0.534. The lowest BCUT2D eigenvalue weighted by Gasteiger charge is -2.07. The van der Waals surface area contributed by atoms with Gasteiger partial charge in [0, 0.05) is 18.8 Å². The van der Waals surface area contributed by atoms with Crippen LogP contribution in [0.15, 0.2) is 33.3 Å². The minimum Gasteiger partial charge on any atom is -0.326 e. The fourth-order valence-electron chi connectivity index (χ4n) is 1.50. The monoisotopic (exact) mass is 265 g/mol. The highest BCUT2D eigenvalue weighted by molar-refractivity contribution is 7.99. The Morgan fingerprint density at radius 3 is 2.83 bits per heavy atom. The molecule has 0 aliphatic heterocycles. The third kappa shape index (κ3) is 2.62. The van der Waals surface area contributed by atoms with Gasteiger partial charge in [-0.15, -0.1) is 5.10 Å². The molecule has 0 atom stereocenters. The molecular formula is C11H15N5OS. The van der Waals surface area contributed by atoms with Crippen molar-refractivity contribution >= 4 is 11.8 Å². The Hall–Kier alpha value is -1.60. The molecule has 0 bridgehead atoms. The van der Waals surface area contributed by atoms with Crippen LogP contribution < -0.4 is 11.4 Å². The van der Waals surface area contributed by atoms with Crippen LogP contribution in [0.5, 0.6) is 0 Å². The Morgan fingerprint density at radius 2 is 2.28 bits per heavy atom. The van der Waals surface area contributed by atoms with Crippen molar-refractivity contribution in [3.05, 3.63) is 34.4 Å². The van der Waals surface area contributed by atoms with E-state index in [1.165, 1.54) is 11.8 Å². The van der Waals surface area contributed by atoms with Gasteiger partial charge in [0.1, 0.15) is 5.03 Å². The Balaban J connectivity index is 2.25. The fourth-order valence-corrected chi connectivity index (χ4v) is 2.42. The Morgan fingerprint density at radius 1 is 1.50 bits per heavy atom. The molecule has 0 radical (unpaired) electrons. The molecule has 0 saturated heterocycles. The van der Waals surface area contributed by atoms with Crippen LogP contribution in [0.1, 0.15) is 25.5 Å². The number of nitrogens with one attached hydrogen (secondary N) is 1. The molecule has 7 heteroatoms. The molecule has 96 valence electrons. The molecule has 2 aromatic rings. The summed E-state index contributed by atoms with van der Waals surface area (Å²) in [5.41, 5.74) is 6.28. The summed E-state index contributed by atoms with van der Waals surface area (Å²) in [5.74, 6) is 0. The number of hydrogen-bond acceptors (Lipinski definition) is 5. The van der Waals surface area contributed by atoms with Crippen LogP contribution >= 0.6 is 11.8 Å². The zero-order valence-corrected chi connectivity index (χ0v) is 11.1. The quantitative estimate of drug-likeness (QED) is 0.865. The Labute approximate surface area is 109 Å². The average Bonchev–Trinajstić information content (AvgIpc) is 2.71. The van der Waals surface area contributed by atoms with Gasteiger partial charge in [-0.05, 0) is 37.2 Å². The summed E-state index contributed by atoms with van der Waals surface area (Å²) in [7, 11) is 0. The van der Waals surface area contributed by atoms with E-state index in [1.54, 1.807) is 10.8 Å². The minimum atomic E-state index is -0.203. The highest BCUT2D eigenvalue weighted by Crippen LogP contribution is 2.24. The molecule has 2 aromatic heterocycles. The van der Waals surface area contributed by atoms with E-state index in [9.17, 15) is 4.79 Å². The topological polar surface area (TPSA) is 89.6 Å². The van der Waals surface area contributed by atoms with Crippen molar-refractivity contribution in [1.82, 2.24) is 19.7 Å². The van der Waals surface area contributed by atoms with Crippen LogP contribution in [-0.4, -0.2) is 19.7 Å². The van der Waals surface area contributed by atoms with Gasteiger partial charge >= 0.3 is 5.69 Å². The first kappa shape index (κ1) is 12.8. The van der Waals surface area contributed by atoms with Gasteiger partial charge in [0.2, 0.25) is 0 Å². The molecule has 3 N–H and O–H groups in total. The zero-order valence-electron chi connectivity index (χ0n) is 10.3. The molecule has 0 saturated carbocycles. The van der Waals surface area contributed by atoms with Crippen molar-refractivity contribution in [3.63, 3.8) is 0 Å². The third-order valence-corrected chi connectivity index (χ3v) is 3.34. The summed E-state index contributed by atoms with van der Waals surface area (Å²) in [6, 6.07) is 3.85. The first-order chi connectivity index (χ1) is 8.61. The maximum atomic E-state index is 11.6. The van der Waals surface area contributed by atoms with Gasteiger partial charge in [-0.2, -0.15) is 0 Å². The second-order valence-corrected chi connectivity index (χ2v) is 5.07. The van der Waals surface area contributed by atoms with E-state index in [0.717, 1.165) is 10.6 Å². The van der Waals surface area contributed by atoms with Crippen LogP contribution in [0.2, 0.25) is 0 Å². The summed E-state index contributed by atoms with van der Waals surface area (Å²) in [5, 5.41) is 7.85. The first-order valence-electron chi connectivity index (χ1n) is 5.61. The van der Waals surface area contributed by atoms with E-state index in [0.29, 0.717) is 11.7 Å². The third-order valence-electron chi connectivity index (χ3n) is 2.42. The number of nitrogens with two attached hydrogens (primary N) is 1. The van der Waals surface area contributed by atoms with E-state index >= 15 is 0 Å². The van der Waals surface area contributed by atoms with Crippen molar-refractivity contribution in [1.29, 1.82) is 0 Å². The molecule has 0 unspecified atom stereocenters. The normalized spacial score (nSPS) is 11.1. The number of pyridine rings is 1. The number of H-pyrrole nitrogens is 1. The summed E-state index contributed by atoms with van der Waals surface area (Å²) < 4.78 is 1.60. The van der Waals surface area contributed by atoms with Gasteiger partial charge in [-0.1, -0.05) is 6.07 Å². The summed E-state index contributed by atoms with van der Waals surface area (Å²) in [6.07, 6.45) is 1.73. The number of aromatic nitrogens is 4. The van der Waals surface area contributed by atoms with Gasteiger partial charge in [0.25, 0.3) is 0 Å². The lowest BCUT2D eigenvalue weighted by atomic mass is 10.3. The molecule has 2 heterocycles. The molecule has 2 rings (SSSR count). The van der Waals surface area contributed by atoms with Gasteiger partial charge in [0.15, 0.2) is 5.16 Å². The fraction of sp³-hybridized carbons (Fsp3) is 0.364. The van der Waals surface area contributed by atoms with Crippen molar-refractivity contribution in [2.24, 2.45) is 5.73 Å². The lowest BCUT2D eigenvalue weighted by Crippen LogP contribution is -2.19. The van der Waals surface area contributed by atoms with Crippen LogP contribution in [0.25, 0.3) is 0 Å². The molecule has 6 nitrogen and oxygen atoms in total. The first-order valence-corrected chi connectivity index (χ1v) is 6.43. The molecule has 0 aliphatic carbocycles. The van der Waals surface area contributed by atoms with E-state index in [-0.39, 0.29) is 11.7 Å². The summed E-state index contributed by atoms with van der Waals surface area (Å²) >= 11 is 1.35. The van der Waals surface area contributed by atoms with Gasteiger partial charge in [0.05, 0.1) is 0 Å². The SMILES string of the molecule is CC(C)n1c(Sc2ccc(CN)cn2)n[nH]c1=O. The average molecular weight is 265 g/mol. The maximum absolute atomic E-state index is 11.6. The van der Waals surface area contributed by atoms with E-state index in [2.05, 4.69) is 15.2 Å². The zero-order chi connectivity index (χ0) is 13.1. The van der Waals surface area contributed by atoms with Crippen LogP contribution in [0.4, 0.5) is 0 Å². The van der Waals surface area contributed by atoms with E-state index in [4.69, 9.17) is 5.73 Å². The molecular weight excluding hydrogens is 250 g/mol. The second-order valence-electron chi connectivity index (χ2n) is 4.09. The maximum Gasteiger partial charge on any atom is 0.344 e. The van der Waals surface area contributed by atoms with Crippen molar-refractivity contribution in [2.75, 3.05) is 0 Å². The molecule has 0 fully saturated rings. The molecule has 0 aromatic carbocycles. The summed E-state index contributed by atoms with van der Waals surface area (Å²) in [4.78, 5) is 15.8. The minimum absolute atomic E-state index is 0.0575. The largest absolute Gasteiger partial charge is 0.344 e. The van der Waals surface area contributed by atoms with Crippen LogP contribution in [0.3, 0.4) is 0 Å². The molecule has 0 spiro atoms. The van der Waals surface area contributed by atoms with Crippen molar-refractivity contribution in [3.8, 4) is 0 Å². The van der Waals surface area contributed by atoms with Gasteiger partial charge in [-0.3, -0.25) is 4.57 Å². The number of nitrogens with zero attached hydrogens (tertiary/aromatic N) is 3. The predicted octanol–water partition coefficient (Wildman–Crippen LogP) is 1.16. The van der Waals surface area contributed by atoms with Crippen LogP contribution in [0, 0.1) is 0 Å². The van der Waals surface area contributed by atoms with Crippen LogP contribution in [-0.2, 0) is 6.54 Å². The van der Waals surface area contributed by atoms with Gasteiger partial charge in [-0.25, -0.2) is 14.9 Å². The number of hydrogen-bond donors (Lipinski definition) is 2. The molecule has 0 aliphatic rings. The highest BCUT2D eigenvalue weighted by Gasteiger charge is 2.12. The van der Waals surface area contributed by atoms with E-state index < -0.39 is 0 Å². The highest BCUT2D eigenvalue weighted by atomic mass is 32.2. The smallest absolute Gasteiger partial charge is 0.326 e. The standard InChI is InChI=1S/C11H15N5OS/c1-7(2)16-10(17)14-15-11(16)18-9-4-3-8(5-12)6-13-9/h3-4,6-7H,5,12H2,1-2H3,(H,14,17). The van der Waals surface area contributed by atoms with Crippen molar-refractivity contribution in [2.45, 2.75) is 36.6 Å². The van der Waals surface area contributed by atoms with Gasteiger partial charge < -0.3 is 5.73 Å². The predicted molar refractivity (Wildman–Crippen MR) is 69.5 cm³/mol. The summed E-state index contributed by atoms with van der Waals surface area (Å²) in [6.45, 7) is 4.34.